The molecule has 4 nitrogen and oxygen atoms in total. The van der Waals surface area contributed by atoms with Crippen LogP contribution < -0.4 is 10.6 Å². The highest BCUT2D eigenvalue weighted by Gasteiger charge is 2.24. The molecule has 2 atom stereocenters. The summed E-state index contributed by atoms with van der Waals surface area (Å²) >= 11 is 0. The maximum atomic E-state index is 10.9. The molecular weight excluding hydrogens is 180 g/mol. The Morgan fingerprint density at radius 3 is 2.86 bits per heavy atom. The molecule has 0 heterocycles. The summed E-state index contributed by atoms with van der Waals surface area (Å²) < 4.78 is 0. The van der Waals surface area contributed by atoms with Crippen LogP contribution in [0.15, 0.2) is 0 Å². The highest BCUT2D eigenvalue weighted by atomic mass is 16.3. The summed E-state index contributed by atoms with van der Waals surface area (Å²) in [6, 6.07) is 0. The number of amides is 1. The van der Waals surface area contributed by atoms with Crippen molar-refractivity contribution in [1.29, 1.82) is 0 Å². The highest BCUT2D eigenvalue weighted by Crippen LogP contribution is 2.24. The van der Waals surface area contributed by atoms with Crippen LogP contribution in [0.2, 0.25) is 0 Å². The minimum Gasteiger partial charge on any atom is -0.393 e. The predicted octanol–water partition coefficient (Wildman–Crippen LogP) is -0.127. The van der Waals surface area contributed by atoms with Crippen LogP contribution in [-0.4, -0.2) is 37.3 Å². The summed E-state index contributed by atoms with van der Waals surface area (Å²) in [6.07, 6.45) is 3.54. The van der Waals surface area contributed by atoms with Gasteiger partial charge in [0.25, 0.3) is 0 Å². The number of aliphatic hydroxyl groups is 1. The first-order chi connectivity index (χ1) is 6.74. The van der Waals surface area contributed by atoms with Crippen LogP contribution in [0.25, 0.3) is 0 Å². The third-order valence-electron chi connectivity index (χ3n) is 2.83. The van der Waals surface area contributed by atoms with Gasteiger partial charge in [0.2, 0.25) is 5.91 Å². The Balaban J connectivity index is 2.01. The first kappa shape index (κ1) is 11.5. The van der Waals surface area contributed by atoms with Gasteiger partial charge in [0.05, 0.1) is 6.10 Å². The Morgan fingerprint density at radius 1 is 1.50 bits per heavy atom. The normalized spacial score (nSPS) is 26.4. The summed E-state index contributed by atoms with van der Waals surface area (Å²) in [6.45, 7) is 1.53. The number of carbonyl (C=O) groups excluding carboxylic acids is 1. The molecule has 0 aromatic heterocycles. The zero-order valence-corrected chi connectivity index (χ0v) is 8.75. The van der Waals surface area contributed by atoms with Crippen LogP contribution in [0, 0.1) is 5.92 Å². The van der Waals surface area contributed by atoms with Crippen LogP contribution in [0.5, 0.6) is 0 Å². The molecule has 1 aliphatic carbocycles. The van der Waals surface area contributed by atoms with E-state index in [-0.39, 0.29) is 12.0 Å². The first-order valence-corrected chi connectivity index (χ1v) is 5.33. The molecule has 0 saturated heterocycles. The Labute approximate surface area is 85.1 Å². The van der Waals surface area contributed by atoms with Crippen LogP contribution in [0.1, 0.15) is 25.7 Å². The Kier molecular flexibility index (Phi) is 4.90. The van der Waals surface area contributed by atoms with E-state index in [2.05, 4.69) is 10.6 Å². The molecule has 1 fully saturated rings. The summed E-state index contributed by atoms with van der Waals surface area (Å²) in [4.78, 5) is 10.9. The van der Waals surface area contributed by atoms with Gasteiger partial charge in [-0.25, -0.2) is 0 Å². The van der Waals surface area contributed by atoms with Crippen LogP contribution in [-0.2, 0) is 4.79 Å². The molecule has 0 bridgehead atoms. The SMILES string of the molecule is CNC(=O)CCNCC1CCCC1O. The number of carbonyl (C=O) groups is 1. The number of rotatable bonds is 5. The minimum atomic E-state index is -0.137. The molecule has 1 rings (SSSR count). The van der Waals surface area contributed by atoms with E-state index < -0.39 is 0 Å². The van der Waals surface area contributed by atoms with Crippen molar-refractivity contribution in [3.05, 3.63) is 0 Å². The van der Waals surface area contributed by atoms with Crippen molar-refractivity contribution in [2.24, 2.45) is 5.92 Å². The second-order valence-corrected chi connectivity index (χ2v) is 3.89. The zero-order valence-electron chi connectivity index (χ0n) is 8.75. The van der Waals surface area contributed by atoms with E-state index in [0.717, 1.165) is 25.8 Å². The number of aliphatic hydroxyl groups excluding tert-OH is 1. The largest absolute Gasteiger partial charge is 0.393 e. The van der Waals surface area contributed by atoms with E-state index in [9.17, 15) is 9.90 Å². The van der Waals surface area contributed by atoms with Crippen LogP contribution in [0.4, 0.5) is 0 Å². The average Bonchev–Trinajstić information content (AvgIpc) is 2.58. The van der Waals surface area contributed by atoms with E-state index in [1.54, 1.807) is 7.05 Å². The van der Waals surface area contributed by atoms with Crippen LogP contribution >= 0.6 is 0 Å². The van der Waals surface area contributed by atoms with Gasteiger partial charge < -0.3 is 15.7 Å². The molecule has 4 heteroatoms. The topological polar surface area (TPSA) is 61.4 Å². The van der Waals surface area contributed by atoms with Gasteiger partial charge in [0.15, 0.2) is 0 Å². The fraction of sp³-hybridized carbons (Fsp3) is 0.900. The Bertz CT molecular complexity index is 185. The van der Waals surface area contributed by atoms with Crippen molar-refractivity contribution in [2.75, 3.05) is 20.1 Å². The Hall–Kier alpha value is -0.610. The fourth-order valence-corrected chi connectivity index (χ4v) is 1.87. The van der Waals surface area contributed by atoms with Crippen molar-refractivity contribution in [2.45, 2.75) is 31.8 Å². The first-order valence-electron chi connectivity index (χ1n) is 5.33. The van der Waals surface area contributed by atoms with E-state index >= 15 is 0 Å². The third kappa shape index (κ3) is 3.64. The maximum absolute atomic E-state index is 10.9. The van der Waals surface area contributed by atoms with Gasteiger partial charge in [-0.2, -0.15) is 0 Å². The smallest absolute Gasteiger partial charge is 0.221 e. The van der Waals surface area contributed by atoms with E-state index in [4.69, 9.17) is 0 Å². The fourth-order valence-electron chi connectivity index (χ4n) is 1.87. The summed E-state index contributed by atoms with van der Waals surface area (Å²) in [5, 5.41) is 15.3. The lowest BCUT2D eigenvalue weighted by Gasteiger charge is -2.14. The molecule has 82 valence electrons. The predicted molar refractivity (Wildman–Crippen MR) is 54.9 cm³/mol. The lowest BCUT2D eigenvalue weighted by atomic mass is 10.1. The second-order valence-electron chi connectivity index (χ2n) is 3.89. The molecule has 1 amide bonds. The van der Waals surface area contributed by atoms with E-state index in [1.807, 2.05) is 0 Å². The van der Waals surface area contributed by atoms with Crippen molar-refractivity contribution < 1.29 is 9.90 Å². The zero-order chi connectivity index (χ0) is 10.4. The molecule has 14 heavy (non-hydrogen) atoms. The summed E-state index contributed by atoms with van der Waals surface area (Å²) in [5.74, 6) is 0.448. The average molecular weight is 200 g/mol. The van der Waals surface area contributed by atoms with Crippen molar-refractivity contribution in [3.8, 4) is 0 Å². The molecule has 0 radical (unpaired) electrons. The molecular formula is C10H20N2O2. The molecule has 0 aliphatic heterocycles. The number of nitrogens with one attached hydrogen (secondary N) is 2. The summed E-state index contributed by atoms with van der Waals surface area (Å²) in [5.41, 5.74) is 0. The molecule has 3 N–H and O–H groups in total. The van der Waals surface area contributed by atoms with Gasteiger partial charge in [-0.15, -0.1) is 0 Å². The lowest BCUT2D eigenvalue weighted by Crippen LogP contribution is -2.31. The quantitative estimate of drug-likeness (QED) is 0.542. The van der Waals surface area contributed by atoms with Crippen molar-refractivity contribution in [1.82, 2.24) is 10.6 Å². The Morgan fingerprint density at radius 2 is 2.29 bits per heavy atom. The van der Waals surface area contributed by atoms with Crippen molar-refractivity contribution >= 4 is 5.91 Å². The van der Waals surface area contributed by atoms with Gasteiger partial charge in [-0.05, 0) is 18.8 Å². The molecule has 0 aromatic carbocycles. The highest BCUT2D eigenvalue weighted by molar-refractivity contribution is 5.75. The minimum absolute atomic E-state index is 0.0597. The number of hydrogen-bond donors (Lipinski definition) is 3. The van der Waals surface area contributed by atoms with Gasteiger partial charge in [-0.1, -0.05) is 6.42 Å². The lowest BCUT2D eigenvalue weighted by molar-refractivity contribution is -0.120. The van der Waals surface area contributed by atoms with E-state index in [0.29, 0.717) is 18.9 Å². The van der Waals surface area contributed by atoms with Crippen LogP contribution in [0.3, 0.4) is 0 Å². The molecule has 0 aromatic rings. The number of hydrogen-bond acceptors (Lipinski definition) is 3. The standard InChI is InChI=1S/C10H20N2O2/c1-11-10(14)5-6-12-7-8-3-2-4-9(8)13/h8-9,12-13H,2-7H2,1H3,(H,11,14). The van der Waals surface area contributed by atoms with E-state index in [1.165, 1.54) is 0 Å². The van der Waals surface area contributed by atoms with Gasteiger partial charge in [0.1, 0.15) is 0 Å². The molecule has 1 aliphatic rings. The van der Waals surface area contributed by atoms with Gasteiger partial charge >= 0.3 is 0 Å². The van der Waals surface area contributed by atoms with Crippen molar-refractivity contribution in [3.63, 3.8) is 0 Å². The third-order valence-corrected chi connectivity index (χ3v) is 2.83. The molecule has 0 spiro atoms. The summed E-state index contributed by atoms with van der Waals surface area (Å²) in [7, 11) is 1.64. The molecule has 2 unspecified atom stereocenters. The monoisotopic (exact) mass is 200 g/mol. The second kappa shape index (κ2) is 5.98. The maximum Gasteiger partial charge on any atom is 0.221 e. The van der Waals surface area contributed by atoms with Gasteiger partial charge in [0, 0.05) is 26.6 Å². The molecule has 1 saturated carbocycles. The van der Waals surface area contributed by atoms with Gasteiger partial charge in [-0.3, -0.25) is 4.79 Å².